The molecule has 0 radical (unpaired) electrons. The first-order chi connectivity index (χ1) is 14.7. The number of benzene rings is 1. The van der Waals surface area contributed by atoms with Crippen molar-refractivity contribution in [3.63, 3.8) is 0 Å². The minimum Gasteiger partial charge on any atom is -0.367 e. The SMILES string of the molecule is CN=CC(C=N)c1nc2ccc(N3CCN4CCC3CC4)cc2c(=O)n1C1CCC1. The van der Waals surface area contributed by atoms with Crippen LogP contribution in [0.15, 0.2) is 28.0 Å². The van der Waals surface area contributed by atoms with Crippen molar-refractivity contribution in [1.29, 1.82) is 5.41 Å². The zero-order valence-corrected chi connectivity index (χ0v) is 17.6. The Labute approximate surface area is 176 Å². The molecule has 1 unspecified atom stereocenters. The summed E-state index contributed by atoms with van der Waals surface area (Å²) in [5.74, 6) is 0.272. The number of hydrogen-bond donors (Lipinski definition) is 1. The molecular weight excluding hydrogens is 376 g/mol. The van der Waals surface area contributed by atoms with Gasteiger partial charge in [-0.15, -0.1) is 0 Å². The van der Waals surface area contributed by atoms with Crippen LogP contribution in [0.4, 0.5) is 5.69 Å². The molecule has 1 aliphatic carbocycles. The van der Waals surface area contributed by atoms with Crippen LogP contribution in [0, 0.1) is 5.41 Å². The third-order valence-corrected chi connectivity index (χ3v) is 7.13. The highest BCUT2D eigenvalue weighted by Crippen LogP contribution is 2.34. The molecule has 30 heavy (non-hydrogen) atoms. The Bertz CT molecular complexity index is 1030. The number of aliphatic imine (C=N–C) groups is 1. The van der Waals surface area contributed by atoms with Crippen LogP contribution >= 0.6 is 0 Å². The second-order valence-corrected chi connectivity index (χ2v) is 8.80. The largest absolute Gasteiger partial charge is 0.367 e. The Kier molecular flexibility index (Phi) is 5.15. The average molecular weight is 407 g/mol. The van der Waals surface area contributed by atoms with E-state index in [1.165, 1.54) is 32.1 Å². The van der Waals surface area contributed by atoms with Gasteiger partial charge in [-0.3, -0.25) is 14.4 Å². The molecule has 3 saturated heterocycles. The number of aromatic nitrogens is 2. The van der Waals surface area contributed by atoms with Gasteiger partial charge in [-0.2, -0.15) is 0 Å². The Hall–Kier alpha value is -2.54. The molecule has 6 rings (SSSR count). The highest BCUT2D eigenvalue weighted by molar-refractivity contribution is 5.89. The molecule has 7 nitrogen and oxygen atoms in total. The van der Waals surface area contributed by atoms with E-state index in [9.17, 15) is 4.79 Å². The molecule has 7 heteroatoms. The monoisotopic (exact) mass is 406 g/mol. The molecule has 1 N–H and O–H groups in total. The molecule has 1 atom stereocenters. The molecule has 4 fully saturated rings. The minimum atomic E-state index is -0.373. The normalized spacial score (nSPS) is 25.4. The van der Waals surface area contributed by atoms with Crippen LogP contribution in [-0.4, -0.2) is 66.1 Å². The minimum absolute atomic E-state index is 0.0285. The summed E-state index contributed by atoms with van der Waals surface area (Å²) in [7, 11) is 1.70. The summed E-state index contributed by atoms with van der Waals surface area (Å²) in [6, 6.07) is 6.91. The summed E-state index contributed by atoms with van der Waals surface area (Å²) >= 11 is 0. The second-order valence-electron chi connectivity index (χ2n) is 8.80. The molecule has 2 bridgehead atoms. The quantitative estimate of drug-likeness (QED) is 0.775. The lowest BCUT2D eigenvalue weighted by Crippen LogP contribution is -2.38. The number of piperidine rings is 1. The first kappa shape index (κ1) is 19.4. The lowest BCUT2D eigenvalue weighted by Gasteiger charge is -2.33. The van der Waals surface area contributed by atoms with Crippen LogP contribution in [0.5, 0.6) is 0 Å². The molecular formula is C23H30N6O. The zero-order chi connectivity index (χ0) is 20.7. The molecule has 3 aliphatic heterocycles. The van der Waals surface area contributed by atoms with E-state index in [4.69, 9.17) is 10.4 Å². The fourth-order valence-electron chi connectivity index (χ4n) is 5.19. The van der Waals surface area contributed by atoms with E-state index in [0.29, 0.717) is 22.8 Å². The van der Waals surface area contributed by atoms with E-state index in [0.717, 1.165) is 38.0 Å². The topological polar surface area (TPSA) is 77.6 Å². The molecule has 4 aliphatic rings. The van der Waals surface area contributed by atoms with Gasteiger partial charge in [0.15, 0.2) is 0 Å². The van der Waals surface area contributed by atoms with Gasteiger partial charge < -0.3 is 15.2 Å². The molecule has 4 heterocycles. The second kappa shape index (κ2) is 7.95. The molecule has 158 valence electrons. The van der Waals surface area contributed by atoms with Gasteiger partial charge in [-0.25, -0.2) is 4.98 Å². The van der Waals surface area contributed by atoms with Crippen molar-refractivity contribution < 1.29 is 0 Å². The first-order valence-corrected chi connectivity index (χ1v) is 11.2. The lowest BCUT2D eigenvalue weighted by atomic mass is 9.92. The summed E-state index contributed by atoms with van der Waals surface area (Å²) < 4.78 is 1.85. The van der Waals surface area contributed by atoms with Crippen LogP contribution < -0.4 is 10.5 Å². The van der Waals surface area contributed by atoms with E-state index >= 15 is 0 Å². The summed E-state index contributed by atoms with van der Waals surface area (Å²) in [5, 5.41) is 8.54. The van der Waals surface area contributed by atoms with Gasteiger partial charge in [0.1, 0.15) is 5.82 Å². The van der Waals surface area contributed by atoms with Crippen LogP contribution in [0.25, 0.3) is 10.9 Å². The lowest BCUT2D eigenvalue weighted by molar-refractivity contribution is 0.250. The van der Waals surface area contributed by atoms with Crippen LogP contribution in [0.1, 0.15) is 49.9 Å². The van der Waals surface area contributed by atoms with Crippen molar-refractivity contribution in [2.75, 3.05) is 38.1 Å². The van der Waals surface area contributed by atoms with Crippen molar-refractivity contribution in [3.05, 3.63) is 34.4 Å². The van der Waals surface area contributed by atoms with Crippen molar-refractivity contribution in [2.24, 2.45) is 4.99 Å². The van der Waals surface area contributed by atoms with Gasteiger partial charge in [0.2, 0.25) is 0 Å². The van der Waals surface area contributed by atoms with Crippen LogP contribution in [0.3, 0.4) is 0 Å². The average Bonchev–Trinajstić information content (AvgIpc) is 3.06. The van der Waals surface area contributed by atoms with Crippen molar-refractivity contribution in [3.8, 4) is 0 Å². The third kappa shape index (κ3) is 3.25. The van der Waals surface area contributed by atoms with Crippen molar-refractivity contribution >= 4 is 29.0 Å². The van der Waals surface area contributed by atoms with Crippen molar-refractivity contribution in [1.82, 2.24) is 14.5 Å². The number of fused-ring (bicyclic) bond motifs is 5. The number of anilines is 1. The number of rotatable bonds is 5. The Morgan fingerprint density at radius 3 is 2.60 bits per heavy atom. The maximum atomic E-state index is 13.6. The maximum Gasteiger partial charge on any atom is 0.261 e. The fourth-order valence-corrected chi connectivity index (χ4v) is 5.19. The van der Waals surface area contributed by atoms with Gasteiger partial charge in [-0.05, 0) is 50.3 Å². The Balaban J connectivity index is 1.63. The molecule has 1 saturated carbocycles. The highest BCUT2D eigenvalue weighted by atomic mass is 16.1. The molecule has 1 aromatic carbocycles. The summed E-state index contributed by atoms with van der Waals surface area (Å²) in [6.07, 6.45) is 8.55. The fraction of sp³-hybridized carbons (Fsp3) is 0.565. The molecule has 2 aromatic rings. The Morgan fingerprint density at radius 1 is 1.13 bits per heavy atom. The van der Waals surface area contributed by atoms with E-state index in [2.05, 4.69) is 26.9 Å². The summed E-state index contributed by atoms with van der Waals surface area (Å²) in [6.45, 7) is 4.47. The number of nitrogens with one attached hydrogen (secondary N) is 1. The van der Waals surface area contributed by atoms with Gasteiger partial charge >= 0.3 is 0 Å². The predicted molar refractivity (Wildman–Crippen MR) is 122 cm³/mol. The van der Waals surface area contributed by atoms with Gasteiger partial charge in [0.05, 0.1) is 16.8 Å². The van der Waals surface area contributed by atoms with E-state index in [1.807, 2.05) is 10.6 Å². The van der Waals surface area contributed by atoms with Gasteiger partial charge in [-0.1, -0.05) is 0 Å². The standard InChI is InChI=1S/C23H30N6O/c1-25-15-16(14-24)22-26-21-6-5-19(28-12-11-27-9-7-17(28)8-10-27)13-20(21)23(30)29(22)18-3-2-4-18/h5-6,13-18,24H,2-4,7-12H2,1H3. The molecule has 1 aromatic heterocycles. The van der Waals surface area contributed by atoms with Gasteiger partial charge in [0, 0.05) is 63.4 Å². The van der Waals surface area contributed by atoms with E-state index in [-0.39, 0.29) is 17.5 Å². The first-order valence-electron chi connectivity index (χ1n) is 11.2. The van der Waals surface area contributed by atoms with Crippen LogP contribution in [0.2, 0.25) is 0 Å². The number of hydrogen-bond acceptors (Lipinski definition) is 6. The zero-order valence-electron chi connectivity index (χ0n) is 17.6. The Morgan fingerprint density at radius 2 is 1.93 bits per heavy atom. The van der Waals surface area contributed by atoms with E-state index < -0.39 is 0 Å². The number of nitrogens with zero attached hydrogens (tertiary/aromatic N) is 5. The van der Waals surface area contributed by atoms with E-state index in [1.54, 1.807) is 13.3 Å². The maximum absolute atomic E-state index is 13.6. The summed E-state index contributed by atoms with van der Waals surface area (Å²) in [5.41, 5.74) is 1.89. The van der Waals surface area contributed by atoms with Crippen molar-refractivity contribution in [2.45, 2.75) is 50.1 Å². The van der Waals surface area contributed by atoms with Crippen LogP contribution in [-0.2, 0) is 0 Å². The highest BCUT2D eigenvalue weighted by Gasteiger charge is 2.30. The predicted octanol–water partition coefficient (Wildman–Crippen LogP) is 2.84. The third-order valence-electron chi connectivity index (χ3n) is 7.13. The smallest absolute Gasteiger partial charge is 0.261 e. The summed E-state index contributed by atoms with van der Waals surface area (Å²) in [4.78, 5) is 27.7. The van der Waals surface area contributed by atoms with Gasteiger partial charge in [0.25, 0.3) is 5.56 Å². The molecule has 0 spiro atoms. The molecule has 0 amide bonds.